The van der Waals surface area contributed by atoms with Crippen LogP contribution in [-0.4, -0.2) is 21.2 Å². The molecule has 0 spiro atoms. The van der Waals surface area contributed by atoms with Gasteiger partial charge in [-0.15, -0.1) is 0 Å². The molecule has 0 radical (unpaired) electrons. The molecule has 1 amide bonds. The summed E-state index contributed by atoms with van der Waals surface area (Å²) in [7, 11) is 0. The van der Waals surface area contributed by atoms with Crippen molar-refractivity contribution in [1.82, 2.24) is 15.5 Å². The second kappa shape index (κ2) is 6.27. The quantitative estimate of drug-likeness (QED) is 0.842. The Balaban J connectivity index is 2.33. The first kappa shape index (κ1) is 16.8. The lowest BCUT2D eigenvalue weighted by molar-refractivity contribution is 0.0908. The van der Waals surface area contributed by atoms with Gasteiger partial charge in [0.2, 0.25) is 11.7 Å². The number of benzene rings is 1. The van der Waals surface area contributed by atoms with E-state index in [1.165, 1.54) is 0 Å². The summed E-state index contributed by atoms with van der Waals surface area (Å²) in [6.45, 7) is 5.06. The van der Waals surface area contributed by atoms with E-state index in [4.69, 9.17) is 9.63 Å². The van der Waals surface area contributed by atoms with Crippen molar-refractivity contribution >= 4 is 5.91 Å². The first-order valence-electron chi connectivity index (χ1n) is 6.69. The van der Waals surface area contributed by atoms with E-state index in [9.17, 15) is 18.0 Å². The van der Waals surface area contributed by atoms with Gasteiger partial charge in [-0.1, -0.05) is 19.0 Å². The molecule has 6 nitrogen and oxygen atoms in total. The fraction of sp³-hybridized carbons (Fsp3) is 0.357. The SMILES string of the molecule is Cc1noc([C@@H](NC(=O)c2cc(F)c(F)c(O)c2F)C(C)C)n1. The van der Waals surface area contributed by atoms with Crippen molar-refractivity contribution in [3.05, 3.63) is 40.8 Å². The highest BCUT2D eigenvalue weighted by atomic mass is 19.2. The molecule has 124 valence electrons. The molecule has 0 aliphatic carbocycles. The van der Waals surface area contributed by atoms with Crippen LogP contribution in [0, 0.1) is 30.3 Å². The van der Waals surface area contributed by atoms with Crippen LogP contribution in [0.4, 0.5) is 13.2 Å². The third-order valence-corrected chi connectivity index (χ3v) is 3.14. The number of phenolic OH excluding ortho intramolecular Hbond substituents is 1. The molecule has 1 atom stereocenters. The minimum atomic E-state index is -1.76. The largest absolute Gasteiger partial charge is 0.503 e. The number of carbonyl (C=O) groups excluding carboxylic acids is 1. The van der Waals surface area contributed by atoms with Gasteiger partial charge in [0, 0.05) is 0 Å². The first-order chi connectivity index (χ1) is 10.7. The maximum atomic E-state index is 13.8. The minimum absolute atomic E-state index is 0.0954. The Hall–Kier alpha value is -2.58. The Morgan fingerprint density at radius 3 is 2.48 bits per heavy atom. The summed E-state index contributed by atoms with van der Waals surface area (Å²) in [5, 5.41) is 15.2. The summed E-state index contributed by atoms with van der Waals surface area (Å²) < 4.78 is 45.1. The number of nitrogens with zero attached hydrogens (tertiary/aromatic N) is 2. The lowest BCUT2D eigenvalue weighted by Gasteiger charge is -2.19. The number of aryl methyl sites for hydroxylation is 1. The summed E-state index contributed by atoms with van der Waals surface area (Å²) in [4.78, 5) is 16.1. The van der Waals surface area contributed by atoms with Gasteiger partial charge < -0.3 is 14.9 Å². The number of nitrogens with one attached hydrogen (secondary N) is 1. The molecular weight excluding hydrogens is 315 g/mol. The van der Waals surface area contributed by atoms with Crippen molar-refractivity contribution in [3.8, 4) is 5.75 Å². The Morgan fingerprint density at radius 2 is 1.96 bits per heavy atom. The van der Waals surface area contributed by atoms with E-state index in [1.807, 2.05) is 0 Å². The summed E-state index contributed by atoms with van der Waals surface area (Å²) in [6.07, 6.45) is 0. The summed E-state index contributed by atoms with van der Waals surface area (Å²) in [6, 6.07) is -0.394. The van der Waals surface area contributed by atoms with Crippen LogP contribution in [-0.2, 0) is 0 Å². The van der Waals surface area contributed by atoms with E-state index in [-0.39, 0.29) is 11.8 Å². The van der Waals surface area contributed by atoms with E-state index < -0.39 is 40.7 Å². The Labute approximate surface area is 129 Å². The molecule has 0 aliphatic rings. The molecule has 9 heteroatoms. The topological polar surface area (TPSA) is 88.2 Å². The average Bonchev–Trinajstić information content (AvgIpc) is 2.91. The van der Waals surface area contributed by atoms with Crippen LogP contribution in [0.3, 0.4) is 0 Å². The zero-order valence-electron chi connectivity index (χ0n) is 12.5. The van der Waals surface area contributed by atoms with Crippen LogP contribution in [0.5, 0.6) is 5.75 Å². The fourth-order valence-electron chi connectivity index (χ4n) is 1.93. The highest BCUT2D eigenvalue weighted by Gasteiger charge is 2.28. The summed E-state index contributed by atoms with van der Waals surface area (Å²) in [5.41, 5.74) is -0.830. The second-order valence-electron chi connectivity index (χ2n) is 5.26. The zero-order valence-corrected chi connectivity index (χ0v) is 12.5. The molecule has 1 aromatic heterocycles. The number of aromatic hydroxyl groups is 1. The molecule has 0 saturated carbocycles. The van der Waals surface area contributed by atoms with Crippen LogP contribution >= 0.6 is 0 Å². The van der Waals surface area contributed by atoms with Gasteiger partial charge >= 0.3 is 0 Å². The highest BCUT2D eigenvalue weighted by Crippen LogP contribution is 2.27. The molecule has 0 fully saturated rings. The molecule has 2 N–H and O–H groups in total. The second-order valence-corrected chi connectivity index (χ2v) is 5.26. The fourth-order valence-corrected chi connectivity index (χ4v) is 1.93. The normalized spacial score (nSPS) is 12.5. The van der Waals surface area contributed by atoms with Gasteiger partial charge in [-0.2, -0.15) is 9.37 Å². The lowest BCUT2D eigenvalue weighted by Crippen LogP contribution is -2.32. The van der Waals surface area contributed by atoms with Gasteiger partial charge in [0.1, 0.15) is 6.04 Å². The van der Waals surface area contributed by atoms with Crippen molar-refractivity contribution in [3.63, 3.8) is 0 Å². The number of carbonyl (C=O) groups is 1. The number of rotatable bonds is 4. The predicted molar refractivity (Wildman–Crippen MR) is 72.1 cm³/mol. The Bertz CT molecular complexity index is 746. The summed E-state index contributed by atoms with van der Waals surface area (Å²) >= 11 is 0. The van der Waals surface area contributed by atoms with Gasteiger partial charge in [-0.25, -0.2) is 8.78 Å². The average molecular weight is 329 g/mol. The van der Waals surface area contributed by atoms with Gasteiger partial charge in [0.15, 0.2) is 23.2 Å². The van der Waals surface area contributed by atoms with E-state index in [1.54, 1.807) is 20.8 Å². The van der Waals surface area contributed by atoms with Gasteiger partial charge in [-0.05, 0) is 18.9 Å². The lowest BCUT2D eigenvalue weighted by atomic mass is 10.0. The van der Waals surface area contributed by atoms with E-state index in [2.05, 4.69) is 15.5 Å². The molecule has 0 unspecified atom stereocenters. The molecule has 2 rings (SSSR count). The van der Waals surface area contributed by atoms with Crippen LogP contribution in [0.15, 0.2) is 10.6 Å². The van der Waals surface area contributed by atoms with E-state index >= 15 is 0 Å². The van der Waals surface area contributed by atoms with Gasteiger partial charge in [0.25, 0.3) is 5.91 Å². The predicted octanol–water partition coefficient (Wildman–Crippen LogP) is 2.63. The van der Waals surface area contributed by atoms with Crippen LogP contribution in [0.2, 0.25) is 0 Å². The number of hydrogen-bond donors (Lipinski definition) is 2. The number of halogens is 3. The monoisotopic (exact) mass is 329 g/mol. The van der Waals surface area contributed by atoms with Gasteiger partial charge in [-0.3, -0.25) is 4.79 Å². The molecule has 1 heterocycles. The molecule has 0 bridgehead atoms. The van der Waals surface area contributed by atoms with Gasteiger partial charge in [0.05, 0.1) is 5.56 Å². The van der Waals surface area contributed by atoms with Crippen molar-refractivity contribution in [2.24, 2.45) is 5.92 Å². The highest BCUT2D eigenvalue weighted by molar-refractivity contribution is 5.95. The third-order valence-electron chi connectivity index (χ3n) is 3.14. The molecule has 1 aromatic carbocycles. The van der Waals surface area contributed by atoms with E-state index in [0.717, 1.165) is 0 Å². The standard InChI is InChI=1S/C14H14F3N3O3/c1-5(2)11(14-18-6(3)20-23-14)19-13(22)7-4-8(15)10(17)12(21)9(7)16/h4-5,11,21H,1-3H3,(H,19,22)/t11-/m0/s1. The number of phenols is 1. The maximum absolute atomic E-state index is 13.8. The van der Waals surface area contributed by atoms with Crippen molar-refractivity contribution in [2.45, 2.75) is 26.8 Å². The van der Waals surface area contributed by atoms with Crippen molar-refractivity contribution in [1.29, 1.82) is 0 Å². The molecule has 0 saturated heterocycles. The minimum Gasteiger partial charge on any atom is -0.503 e. The molecule has 0 aliphatic heterocycles. The Morgan fingerprint density at radius 1 is 1.30 bits per heavy atom. The van der Waals surface area contributed by atoms with Crippen LogP contribution in [0.1, 0.15) is 42.0 Å². The summed E-state index contributed by atoms with van der Waals surface area (Å²) in [5.74, 6) is -7.21. The maximum Gasteiger partial charge on any atom is 0.255 e. The zero-order chi connectivity index (χ0) is 17.3. The van der Waals surface area contributed by atoms with Crippen molar-refractivity contribution < 1.29 is 27.6 Å². The van der Waals surface area contributed by atoms with Crippen molar-refractivity contribution in [2.75, 3.05) is 0 Å². The molecular formula is C14H14F3N3O3. The third kappa shape index (κ3) is 3.27. The van der Waals surface area contributed by atoms with Crippen LogP contribution in [0.25, 0.3) is 0 Å². The number of hydrogen-bond acceptors (Lipinski definition) is 5. The first-order valence-corrected chi connectivity index (χ1v) is 6.69. The molecule has 23 heavy (non-hydrogen) atoms. The van der Waals surface area contributed by atoms with Crippen LogP contribution < -0.4 is 5.32 Å². The smallest absolute Gasteiger partial charge is 0.255 e. The molecule has 2 aromatic rings. The Kier molecular flexibility index (Phi) is 4.57. The number of amides is 1. The number of aromatic nitrogens is 2. The van der Waals surface area contributed by atoms with E-state index in [0.29, 0.717) is 11.9 Å².